The van der Waals surface area contributed by atoms with Crippen LogP contribution in [0.4, 0.5) is 0 Å². The molecule has 9 nitrogen and oxygen atoms in total. The van der Waals surface area contributed by atoms with Crippen LogP contribution in [0, 0.1) is 5.92 Å². The third-order valence-electron chi connectivity index (χ3n) is 4.80. The van der Waals surface area contributed by atoms with Crippen molar-refractivity contribution in [3.05, 3.63) is 52.9 Å². The van der Waals surface area contributed by atoms with Crippen LogP contribution in [-0.2, 0) is 21.4 Å². The maximum Gasteiger partial charge on any atom is 0.417 e. The molecule has 2 aromatic heterocycles. The molecule has 3 heterocycles. The number of H-pyrrole nitrogens is 1. The molecule has 3 aromatic rings. The Morgan fingerprint density at radius 3 is 2.96 bits per heavy atom. The van der Waals surface area contributed by atoms with E-state index in [2.05, 4.69) is 10.3 Å². The number of aromatic amines is 1. The van der Waals surface area contributed by atoms with Gasteiger partial charge in [-0.3, -0.25) is 9.78 Å². The first-order valence-corrected chi connectivity index (χ1v) is 10.3. The Bertz CT molecular complexity index is 1150. The van der Waals surface area contributed by atoms with E-state index in [4.69, 9.17) is 8.83 Å². The minimum absolute atomic E-state index is 0.0272. The first-order chi connectivity index (χ1) is 13.4. The molecule has 0 radical (unpaired) electrons. The number of rotatable bonds is 5. The number of furan rings is 1. The van der Waals surface area contributed by atoms with Crippen LogP contribution in [0.1, 0.15) is 18.6 Å². The number of fused-ring (bicyclic) bond motifs is 1. The fourth-order valence-electron chi connectivity index (χ4n) is 3.34. The molecule has 1 fully saturated rings. The lowest BCUT2D eigenvalue weighted by Gasteiger charge is -2.31. The molecular formula is C18H19N3O6S. The minimum atomic E-state index is -3.81. The van der Waals surface area contributed by atoms with Crippen molar-refractivity contribution in [2.45, 2.75) is 24.3 Å². The number of carbonyl (C=O) groups is 1. The number of aromatic nitrogens is 1. The molecule has 2 N–H and O–H groups in total. The zero-order chi connectivity index (χ0) is 19.7. The van der Waals surface area contributed by atoms with Gasteiger partial charge in [-0.2, -0.15) is 4.31 Å². The second-order valence-electron chi connectivity index (χ2n) is 6.67. The van der Waals surface area contributed by atoms with Gasteiger partial charge in [-0.25, -0.2) is 13.2 Å². The maximum atomic E-state index is 13.0. The molecule has 4 rings (SSSR count). The van der Waals surface area contributed by atoms with E-state index in [-0.39, 0.29) is 29.5 Å². The Morgan fingerprint density at radius 1 is 1.32 bits per heavy atom. The number of sulfonamides is 1. The highest BCUT2D eigenvalue weighted by atomic mass is 32.2. The van der Waals surface area contributed by atoms with E-state index in [1.807, 2.05) is 0 Å². The number of amides is 1. The highest BCUT2D eigenvalue weighted by molar-refractivity contribution is 7.89. The second-order valence-corrected chi connectivity index (χ2v) is 8.61. The van der Waals surface area contributed by atoms with E-state index in [9.17, 15) is 18.0 Å². The largest absolute Gasteiger partial charge is 0.467 e. The van der Waals surface area contributed by atoms with Crippen molar-refractivity contribution < 1.29 is 22.0 Å². The number of hydrogen-bond acceptors (Lipinski definition) is 6. The smallest absolute Gasteiger partial charge is 0.417 e. The van der Waals surface area contributed by atoms with Gasteiger partial charge in [0.25, 0.3) is 0 Å². The van der Waals surface area contributed by atoms with Gasteiger partial charge in [0.05, 0.1) is 29.1 Å². The normalized spacial score (nSPS) is 18.4. The first-order valence-electron chi connectivity index (χ1n) is 8.86. The van der Waals surface area contributed by atoms with Crippen molar-refractivity contribution in [3.8, 4) is 0 Å². The van der Waals surface area contributed by atoms with Crippen LogP contribution in [0.2, 0.25) is 0 Å². The molecule has 0 bridgehead atoms. The minimum Gasteiger partial charge on any atom is -0.467 e. The van der Waals surface area contributed by atoms with Crippen molar-refractivity contribution in [3.63, 3.8) is 0 Å². The molecule has 0 aliphatic carbocycles. The molecule has 148 valence electrons. The van der Waals surface area contributed by atoms with Gasteiger partial charge >= 0.3 is 5.76 Å². The van der Waals surface area contributed by atoms with E-state index < -0.39 is 21.7 Å². The van der Waals surface area contributed by atoms with E-state index >= 15 is 0 Å². The standard InChI is InChI=1S/C18H19N3O6S/c22-17(19-10-13-4-2-8-26-13)12-3-1-7-21(11-12)28(24,25)14-5-6-15-16(9-14)27-18(23)20-15/h2,4-6,8-9,12H,1,3,7,10-11H2,(H,19,22)(H,20,23). The van der Waals surface area contributed by atoms with Crippen molar-refractivity contribution in [2.24, 2.45) is 5.92 Å². The van der Waals surface area contributed by atoms with Crippen LogP contribution in [0.5, 0.6) is 0 Å². The Hall–Kier alpha value is -2.85. The summed E-state index contributed by atoms with van der Waals surface area (Å²) in [7, 11) is -3.81. The average molecular weight is 405 g/mol. The number of nitrogens with one attached hydrogen (secondary N) is 2. The summed E-state index contributed by atoms with van der Waals surface area (Å²) in [4.78, 5) is 26.2. The van der Waals surface area contributed by atoms with Crippen molar-refractivity contribution in [1.82, 2.24) is 14.6 Å². The third kappa shape index (κ3) is 3.60. The van der Waals surface area contributed by atoms with E-state index in [0.29, 0.717) is 30.7 Å². The summed E-state index contributed by atoms with van der Waals surface area (Å²) in [6.45, 7) is 0.694. The van der Waals surface area contributed by atoms with Gasteiger partial charge in [-0.15, -0.1) is 0 Å². The number of carbonyl (C=O) groups excluding carboxylic acids is 1. The van der Waals surface area contributed by atoms with Gasteiger partial charge in [-0.05, 0) is 37.1 Å². The lowest BCUT2D eigenvalue weighted by Crippen LogP contribution is -2.45. The van der Waals surface area contributed by atoms with Crippen LogP contribution in [0.3, 0.4) is 0 Å². The summed E-state index contributed by atoms with van der Waals surface area (Å²) >= 11 is 0. The van der Waals surface area contributed by atoms with E-state index in [1.165, 1.54) is 28.8 Å². The van der Waals surface area contributed by atoms with E-state index in [0.717, 1.165) is 0 Å². The molecule has 1 saturated heterocycles. The van der Waals surface area contributed by atoms with Gasteiger partial charge in [-0.1, -0.05) is 0 Å². The number of benzene rings is 1. The Balaban J connectivity index is 1.49. The molecule has 10 heteroatoms. The lowest BCUT2D eigenvalue weighted by atomic mass is 9.99. The molecule has 0 saturated carbocycles. The summed E-state index contributed by atoms with van der Waals surface area (Å²) in [5.74, 6) is -0.651. The number of hydrogen-bond donors (Lipinski definition) is 2. The van der Waals surface area contributed by atoms with E-state index in [1.54, 1.807) is 12.1 Å². The summed E-state index contributed by atoms with van der Waals surface area (Å²) < 4.78 is 37.4. The first kappa shape index (κ1) is 18.5. The number of piperidine rings is 1. The van der Waals surface area contributed by atoms with Crippen molar-refractivity contribution in [2.75, 3.05) is 13.1 Å². The summed E-state index contributed by atoms with van der Waals surface area (Å²) in [5, 5.41) is 2.79. The SMILES string of the molecule is O=C(NCc1ccco1)C1CCCN(S(=O)(=O)c2ccc3[nH]c(=O)oc3c2)C1. The molecule has 1 unspecified atom stereocenters. The Morgan fingerprint density at radius 2 is 2.18 bits per heavy atom. The Kier molecular flexibility index (Phi) is 4.82. The molecule has 1 amide bonds. The maximum absolute atomic E-state index is 13.0. The monoisotopic (exact) mass is 405 g/mol. The van der Waals surface area contributed by atoms with Crippen LogP contribution >= 0.6 is 0 Å². The van der Waals surface area contributed by atoms with Crippen LogP contribution in [0.25, 0.3) is 11.1 Å². The molecule has 28 heavy (non-hydrogen) atoms. The molecule has 0 spiro atoms. The zero-order valence-electron chi connectivity index (χ0n) is 14.9. The fraction of sp³-hybridized carbons (Fsp3) is 0.333. The second kappa shape index (κ2) is 7.28. The highest BCUT2D eigenvalue weighted by Gasteiger charge is 2.33. The molecule has 1 atom stereocenters. The van der Waals surface area contributed by atoms with Crippen LogP contribution < -0.4 is 11.1 Å². The summed E-state index contributed by atoms with van der Waals surface area (Å²) in [6.07, 6.45) is 2.72. The quantitative estimate of drug-likeness (QED) is 0.661. The van der Waals surface area contributed by atoms with Gasteiger partial charge in [0.15, 0.2) is 5.58 Å². The van der Waals surface area contributed by atoms with Gasteiger partial charge in [0.2, 0.25) is 15.9 Å². The van der Waals surface area contributed by atoms with Crippen molar-refractivity contribution in [1.29, 1.82) is 0 Å². The molecule has 1 aliphatic heterocycles. The predicted octanol–water partition coefficient (Wildman–Crippen LogP) is 1.43. The third-order valence-corrected chi connectivity index (χ3v) is 6.66. The zero-order valence-corrected chi connectivity index (χ0v) is 15.7. The van der Waals surface area contributed by atoms with Gasteiger partial charge in [0.1, 0.15) is 5.76 Å². The average Bonchev–Trinajstić information content (AvgIpc) is 3.33. The molecule has 1 aliphatic rings. The fourth-order valence-corrected chi connectivity index (χ4v) is 4.88. The summed E-state index contributed by atoms with van der Waals surface area (Å²) in [6, 6.07) is 7.73. The van der Waals surface area contributed by atoms with Crippen molar-refractivity contribution >= 4 is 27.0 Å². The predicted molar refractivity (Wildman–Crippen MR) is 98.9 cm³/mol. The molecule has 1 aromatic carbocycles. The van der Waals surface area contributed by atoms with Gasteiger partial charge in [0, 0.05) is 19.2 Å². The molecular weight excluding hydrogens is 386 g/mol. The van der Waals surface area contributed by atoms with Gasteiger partial charge < -0.3 is 14.2 Å². The number of oxazole rings is 1. The summed E-state index contributed by atoms with van der Waals surface area (Å²) in [5.41, 5.74) is 0.605. The Labute approximate surface area is 160 Å². The highest BCUT2D eigenvalue weighted by Crippen LogP contribution is 2.25. The number of nitrogens with zero attached hydrogens (tertiary/aromatic N) is 1. The van der Waals surface area contributed by atoms with Crippen LogP contribution in [-0.4, -0.2) is 36.7 Å². The topological polar surface area (TPSA) is 126 Å². The van der Waals surface area contributed by atoms with Crippen LogP contribution in [0.15, 0.2) is 55.1 Å². The lowest BCUT2D eigenvalue weighted by molar-refractivity contribution is -0.126.